The van der Waals surface area contributed by atoms with Crippen molar-refractivity contribution in [1.82, 2.24) is 24.4 Å². The van der Waals surface area contributed by atoms with Gasteiger partial charge in [-0.25, -0.2) is 13.2 Å². The Bertz CT molecular complexity index is 1380. The van der Waals surface area contributed by atoms with E-state index in [2.05, 4.69) is 15.3 Å². The van der Waals surface area contributed by atoms with Crippen LogP contribution < -0.4 is 10.9 Å². The molecule has 0 radical (unpaired) electrons. The van der Waals surface area contributed by atoms with Crippen molar-refractivity contribution in [2.45, 2.75) is 31.8 Å². The van der Waals surface area contributed by atoms with Crippen LogP contribution in [0.4, 0.5) is 13.2 Å². The normalized spacial score (nSPS) is 16.6. The lowest BCUT2D eigenvalue weighted by Gasteiger charge is -2.22. The molecule has 0 unspecified atom stereocenters. The molecule has 2 aromatic heterocycles. The average molecular weight is 473 g/mol. The van der Waals surface area contributed by atoms with Crippen LogP contribution in [0.15, 0.2) is 29.2 Å². The van der Waals surface area contributed by atoms with Gasteiger partial charge in [-0.2, -0.15) is 9.61 Å². The molecule has 178 valence electrons. The van der Waals surface area contributed by atoms with Gasteiger partial charge in [0.05, 0.1) is 12.7 Å². The fourth-order valence-electron chi connectivity index (χ4n) is 4.14. The lowest BCUT2D eigenvalue weighted by atomic mass is 10.0. The standard InChI is InChI=1S/C23H22F3N5O3/c1-29-6-4-12(5-7-29)15-10-27-31-21(15)30(11-16-17(25)8-13(24)9-18(16)26)22(33)19(23(31)34)20(32)28-14-2-3-14/h4,8-10,14,33H,2-3,5-7,11H2,1H3,(H,28,32). The van der Waals surface area contributed by atoms with Gasteiger partial charge in [-0.15, -0.1) is 0 Å². The molecule has 1 saturated carbocycles. The maximum atomic E-state index is 14.5. The summed E-state index contributed by atoms with van der Waals surface area (Å²) in [5.74, 6) is -4.93. The molecule has 3 heterocycles. The first-order valence-corrected chi connectivity index (χ1v) is 10.9. The number of carbonyl (C=O) groups excluding carboxylic acids is 1. The number of fused-ring (bicyclic) bond motifs is 1. The first-order chi connectivity index (χ1) is 16.2. The molecule has 0 saturated heterocycles. The number of nitrogens with zero attached hydrogens (tertiary/aromatic N) is 4. The highest BCUT2D eigenvalue weighted by molar-refractivity contribution is 5.97. The van der Waals surface area contributed by atoms with Crippen LogP contribution in [0.3, 0.4) is 0 Å². The second-order valence-electron chi connectivity index (χ2n) is 8.72. The first kappa shape index (κ1) is 22.2. The van der Waals surface area contributed by atoms with Gasteiger partial charge in [-0.1, -0.05) is 6.08 Å². The average Bonchev–Trinajstić information content (AvgIpc) is 3.48. The molecular formula is C23H22F3N5O3. The highest BCUT2D eigenvalue weighted by Crippen LogP contribution is 2.30. The van der Waals surface area contributed by atoms with Gasteiger partial charge in [0, 0.05) is 42.4 Å². The molecule has 0 spiro atoms. The highest BCUT2D eigenvalue weighted by Gasteiger charge is 2.31. The molecule has 8 nitrogen and oxygen atoms in total. The molecule has 1 aliphatic heterocycles. The second-order valence-corrected chi connectivity index (χ2v) is 8.72. The van der Waals surface area contributed by atoms with Gasteiger partial charge in [0.1, 0.15) is 17.5 Å². The number of rotatable bonds is 5. The topological polar surface area (TPSA) is 91.9 Å². The highest BCUT2D eigenvalue weighted by atomic mass is 19.1. The van der Waals surface area contributed by atoms with E-state index in [1.165, 1.54) is 6.20 Å². The summed E-state index contributed by atoms with van der Waals surface area (Å²) in [6.45, 7) is 0.789. The molecule has 1 aliphatic carbocycles. The fraction of sp³-hybridized carbons (Fsp3) is 0.348. The van der Waals surface area contributed by atoms with Crippen molar-refractivity contribution in [3.8, 4) is 5.88 Å². The maximum absolute atomic E-state index is 14.5. The third-order valence-corrected chi connectivity index (χ3v) is 6.20. The Hall–Kier alpha value is -3.60. The minimum Gasteiger partial charge on any atom is -0.494 e. The number of hydrogen-bond donors (Lipinski definition) is 2. The smallest absolute Gasteiger partial charge is 0.291 e. The van der Waals surface area contributed by atoms with Crippen LogP contribution in [0.1, 0.15) is 40.7 Å². The van der Waals surface area contributed by atoms with Gasteiger partial charge in [-0.05, 0) is 31.9 Å². The Kier molecular flexibility index (Phi) is 5.43. The number of nitrogens with one attached hydrogen (secondary N) is 1. The zero-order chi connectivity index (χ0) is 24.1. The van der Waals surface area contributed by atoms with Crippen LogP contribution in [-0.4, -0.2) is 56.3 Å². The van der Waals surface area contributed by atoms with Gasteiger partial charge < -0.3 is 15.3 Å². The SMILES string of the molecule is CN1CC=C(c2cnn3c(=O)c(C(=O)NC4CC4)c(O)n(Cc4c(F)cc(F)cc4F)c23)CC1. The zero-order valence-electron chi connectivity index (χ0n) is 18.3. The quantitative estimate of drug-likeness (QED) is 0.593. The van der Waals surface area contributed by atoms with Crippen molar-refractivity contribution in [3.63, 3.8) is 0 Å². The molecular weight excluding hydrogens is 451 g/mol. The van der Waals surface area contributed by atoms with Crippen molar-refractivity contribution >= 4 is 17.1 Å². The molecule has 5 rings (SSSR count). The third kappa shape index (κ3) is 3.85. The Morgan fingerprint density at radius 3 is 2.56 bits per heavy atom. The van der Waals surface area contributed by atoms with Gasteiger partial charge >= 0.3 is 0 Å². The van der Waals surface area contributed by atoms with Gasteiger partial charge in [0.15, 0.2) is 11.2 Å². The Morgan fingerprint density at radius 2 is 1.94 bits per heavy atom. The molecule has 11 heteroatoms. The van der Waals surface area contributed by atoms with Gasteiger partial charge in [-0.3, -0.25) is 14.2 Å². The van der Waals surface area contributed by atoms with Crippen molar-refractivity contribution < 1.29 is 23.1 Å². The molecule has 0 atom stereocenters. The van der Waals surface area contributed by atoms with Crippen molar-refractivity contribution in [3.05, 3.63) is 68.9 Å². The number of aromatic nitrogens is 3. The van der Waals surface area contributed by atoms with E-state index in [1.807, 2.05) is 13.1 Å². The summed E-state index contributed by atoms with van der Waals surface area (Å²) in [7, 11) is 1.95. The number of benzene rings is 1. The first-order valence-electron chi connectivity index (χ1n) is 10.9. The Balaban J connectivity index is 1.74. The van der Waals surface area contributed by atoms with E-state index in [0.29, 0.717) is 30.7 Å². The Labute approximate surface area is 191 Å². The van der Waals surface area contributed by atoms with Crippen molar-refractivity contribution in [2.24, 2.45) is 0 Å². The summed E-state index contributed by atoms with van der Waals surface area (Å²) in [5, 5.41) is 17.9. The minimum atomic E-state index is -1.16. The van der Waals surface area contributed by atoms with Crippen molar-refractivity contribution in [2.75, 3.05) is 20.1 Å². The van der Waals surface area contributed by atoms with E-state index in [9.17, 15) is 27.9 Å². The predicted octanol–water partition coefficient (Wildman–Crippen LogP) is 2.28. The number of aromatic hydroxyl groups is 1. The minimum absolute atomic E-state index is 0.0874. The van der Waals surface area contributed by atoms with E-state index < -0.39 is 52.5 Å². The van der Waals surface area contributed by atoms with E-state index >= 15 is 0 Å². The lowest BCUT2D eigenvalue weighted by molar-refractivity contribution is 0.0944. The summed E-state index contributed by atoms with van der Waals surface area (Å²) in [5.41, 5.74) is -0.519. The largest absolute Gasteiger partial charge is 0.494 e. The van der Waals surface area contributed by atoms with Crippen LogP contribution >= 0.6 is 0 Å². The number of carbonyl (C=O) groups is 1. The lowest BCUT2D eigenvalue weighted by Crippen LogP contribution is -2.34. The molecule has 1 aromatic carbocycles. The summed E-state index contributed by atoms with van der Waals surface area (Å²) < 4.78 is 44.5. The monoisotopic (exact) mass is 473 g/mol. The third-order valence-electron chi connectivity index (χ3n) is 6.20. The molecule has 3 aromatic rings. The maximum Gasteiger partial charge on any atom is 0.291 e. The molecule has 1 fully saturated rings. The fourth-order valence-corrected chi connectivity index (χ4v) is 4.14. The van der Waals surface area contributed by atoms with Crippen LogP contribution in [0.5, 0.6) is 5.88 Å². The van der Waals surface area contributed by atoms with Crippen molar-refractivity contribution in [1.29, 1.82) is 0 Å². The van der Waals surface area contributed by atoms with Crippen LogP contribution in [-0.2, 0) is 6.54 Å². The van der Waals surface area contributed by atoms with E-state index in [-0.39, 0.29) is 11.7 Å². The number of amides is 1. The molecule has 1 amide bonds. The van der Waals surface area contributed by atoms with Crippen LogP contribution in [0.25, 0.3) is 11.2 Å². The Morgan fingerprint density at radius 1 is 1.24 bits per heavy atom. The zero-order valence-corrected chi connectivity index (χ0v) is 18.3. The second kappa shape index (κ2) is 8.32. The summed E-state index contributed by atoms with van der Waals surface area (Å²) in [6, 6.07) is 0.972. The number of halogens is 3. The molecule has 2 N–H and O–H groups in total. The predicted molar refractivity (Wildman–Crippen MR) is 117 cm³/mol. The molecule has 2 aliphatic rings. The van der Waals surface area contributed by atoms with Crippen LogP contribution in [0.2, 0.25) is 0 Å². The van der Waals surface area contributed by atoms with Crippen LogP contribution in [0, 0.1) is 17.5 Å². The molecule has 34 heavy (non-hydrogen) atoms. The van der Waals surface area contributed by atoms with E-state index in [0.717, 1.165) is 34.0 Å². The van der Waals surface area contributed by atoms with E-state index in [1.54, 1.807) is 0 Å². The number of hydrogen-bond acceptors (Lipinski definition) is 5. The van der Waals surface area contributed by atoms with Gasteiger partial charge in [0.25, 0.3) is 11.5 Å². The summed E-state index contributed by atoms with van der Waals surface area (Å²) >= 11 is 0. The summed E-state index contributed by atoms with van der Waals surface area (Å²) in [4.78, 5) is 28.0. The number of likely N-dealkylation sites (N-methyl/N-ethyl adjacent to an activating group) is 1. The summed E-state index contributed by atoms with van der Waals surface area (Å²) in [6.07, 6.45) is 5.51. The van der Waals surface area contributed by atoms with E-state index in [4.69, 9.17) is 0 Å². The molecule has 0 bridgehead atoms. The van der Waals surface area contributed by atoms with Gasteiger partial charge in [0.2, 0.25) is 5.88 Å².